The molecular weight excluding hydrogens is 242 g/mol. The van der Waals surface area contributed by atoms with E-state index in [0.29, 0.717) is 23.8 Å². The van der Waals surface area contributed by atoms with Crippen molar-refractivity contribution >= 4 is 17.3 Å². The Kier molecular flexibility index (Phi) is 4.27. The molecule has 0 spiro atoms. The van der Waals surface area contributed by atoms with E-state index in [-0.39, 0.29) is 6.61 Å². The van der Waals surface area contributed by atoms with E-state index in [0.717, 1.165) is 18.5 Å². The highest BCUT2D eigenvalue weighted by atomic mass is 16.3. The van der Waals surface area contributed by atoms with Gasteiger partial charge in [0.15, 0.2) is 0 Å². The SMILES string of the molecule is NC(=O)c1ccc(N)c(N(CCO)C2CCCC2)c1. The van der Waals surface area contributed by atoms with E-state index < -0.39 is 5.91 Å². The van der Waals surface area contributed by atoms with Gasteiger partial charge in [0, 0.05) is 18.2 Å². The Labute approximate surface area is 113 Å². The van der Waals surface area contributed by atoms with Crippen LogP contribution in [0.15, 0.2) is 18.2 Å². The first kappa shape index (κ1) is 13.7. The molecule has 19 heavy (non-hydrogen) atoms. The topological polar surface area (TPSA) is 92.6 Å². The molecule has 5 N–H and O–H groups in total. The number of anilines is 2. The average Bonchev–Trinajstić information content (AvgIpc) is 2.90. The number of hydrogen-bond donors (Lipinski definition) is 3. The molecule has 1 fully saturated rings. The number of aliphatic hydroxyl groups excluding tert-OH is 1. The number of carbonyl (C=O) groups excluding carboxylic acids is 1. The zero-order chi connectivity index (χ0) is 13.8. The van der Waals surface area contributed by atoms with Gasteiger partial charge in [-0.2, -0.15) is 0 Å². The van der Waals surface area contributed by atoms with Gasteiger partial charge in [0.25, 0.3) is 0 Å². The monoisotopic (exact) mass is 263 g/mol. The number of carbonyl (C=O) groups is 1. The molecular formula is C14H21N3O2. The minimum Gasteiger partial charge on any atom is -0.397 e. The van der Waals surface area contributed by atoms with E-state index >= 15 is 0 Å². The second kappa shape index (κ2) is 5.93. The van der Waals surface area contributed by atoms with Gasteiger partial charge in [0.2, 0.25) is 5.91 Å². The third-order valence-corrected chi connectivity index (χ3v) is 3.73. The third kappa shape index (κ3) is 2.98. The minimum absolute atomic E-state index is 0.0662. The van der Waals surface area contributed by atoms with Crippen LogP contribution in [0.5, 0.6) is 0 Å². The Hall–Kier alpha value is -1.75. The molecule has 1 amide bonds. The van der Waals surface area contributed by atoms with Gasteiger partial charge in [-0.15, -0.1) is 0 Å². The molecule has 104 valence electrons. The van der Waals surface area contributed by atoms with Gasteiger partial charge in [0.1, 0.15) is 0 Å². The van der Waals surface area contributed by atoms with Crippen LogP contribution in [-0.2, 0) is 0 Å². The summed E-state index contributed by atoms with van der Waals surface area (Å²) in [5, 5.41) is 9.25. The third-order valence-electron chi connectivity index (χ3n) is 3.73. The number of nitrogen functional groups attached to an aromatic ring is 1. The van der Waals surface area contributed by atoms with Gasteiger partial charge < -0.3 is 21.5 Å². The van der Waals surface area contributed by atoms with Crippen molar-refractivity contribution in [1.29, 1.82) is 0 Å². The van der Waals surface area contributed by atoms with E-state index in [4.69, 9.17) is 11.5 Å². The lowest BCUT2D eigenvalue weighted by atomic mass is 10.1. The van der Waals surface area contributed by atoms with Crippen molar-refractivity contribution in [1.82, 2.24) is 0 Å². The summed E-state index contributed by atoms with van der Waals surface area (Å²) in [6.07, 6.45) is 4.59. The molecule has 1 aromatic rings. The van der Waals surface area contributed by atoms with Crippen LogP contribution in [0, 0.1) is 0 Å². The highest BCUT2D eigenvalue weighted by Crippen LogP contribution is 2.32. The fourth-order valence-corrected chi connectivity index (χ4v) is 2.77. The summed E-state index contributed by atoms with van der Waals surface area (Å²) >= 11 is 0. The quantitative estimate of drug-likeness (QED) is 0.694. The summed E-state index contributed by atoms with van der Waals surface area (Å²) in [4.78, 5) is 13.4. The summed E-state index contributed by atoms with van der Waals surface area (Å²) in [5.41, 5.74) is 13.2. The largest absolute Gasteiger partial charge is 0.397 e. The number of aliphatic hydroxyl groups is 1. The molecule has 5 nitrogen and oxygen atoms in total. The van der Waals surface area contributed by atoms with Crippen molar-refractivity contribution in [2.45, 2.75) is 31.7 Å². The number of hydrogen-bond acceptors (Lipinski definition) is 4. The summed E-state index contributed by atoms with van der Waals surface area (Å²) in [6, 6.07) is 5.45. The first-order chi connectivity index (χ1) is 9.13. The van der Waals surface area contributed by atoms with E-state index in [1.54, 1.807) is 18.2 Å². The van der Waals surface area contributed by atoms with E-state index in [9.17, 15) is 9.90 Å². The van der Waals surface area contributed by atoms with Crippen molar-refractivity contribution in [3.8, 4) is 0 Å². The minimum atomic E-state index is -0.461. The van der Waals surface area contributed by atoms with E-state index in [1.165, 1.54) is 12.8 Å². The lowest BCUT2D eigenvalue weighted by molar-refractivity contribution is 0.100. The second-order valence-electron chi connectivity index (χ2n) is 4.99. The Bertz CT molecular complexity index is 456. The Morgan fingerprint density at radius 2 is 2.05 bits per heavy atom. The van der Waals surface area contributed by atoms with Gasteiger partial charge >= 0.3 is 0 Å². The van der Waals surface area contributed by atoms with Crippen LogP contribution in [0.25, 0.3) is 0 Å². The van der Waals surface area contributed by atoms with Gasteiger partial charge in [-0.3, -0.25) is 4.79 Å². The molecule has 0 bridgehead atoms. The van der Waals surface area contributed by atoms with Gasteiger partial charge in [-0.25, -0.2) is 0 Å². The zero-order valence-corrected chi connectivity index (χ0v) is 11.0. The number of benzene rings is 1. The second-order valence-corrected chi connectivity index (χ2v) is 4.99. The van der Waals surface area contributed by atoms with Crippen LogP contribution in [-0.4, -0.2) is 30.2 Å². The van der Waals surface area contributed by atoms with Crippen molar-refractivity contribution in [3.63, 3.8) is 0 Å². The van der Waals surface area contributed by atoms with E-state index in [2.05, 4.69) is 4.90 Å². The lowest BCUT2D eigenvalue weighted by Gasteiger charge is -2.31. The predicted molar refractivity (Wildman–Crippen MR) is 76.1 cm³/mol. The van der Waals surface area contributed by atoms with Crippen LogP contribution in [0.4, 0.5) is 11.4 Å². The Morgan fingerprint density at radius 1 is 1.37 bits per heavy atom. The van der Waals surface area contributed by atoms with Gasteiger partial charge in [-0.05, 0) is 31.0 Å². The van der Waals surface area contributed by atoms with Crippen molar-refractivity contribution in [2.75, 3.05) is 23.8 Å². The molecule has 0 aromatic heterocycles. The van der Waals surface area contributed by atoms with Crippen LogP contribution in [0.2, 0.25) is 0 Å². The van der Waals surface area contributed by atoms with Crippen LogP contribution in [0.1, 0.15) is 36.0 Å². The molecule has 0 radical (unpaired) electrons. The van der Waals surface area contributed by atoms with Gasteiger partial charge in [0.05, 0.1) is 18.0 Å². The summed E-state index contributed by atoms with van der Waals surface area (Å²) < 4.78 is 0. The first-order valence-corrected chi connectivity index (χ1v) is 6.70. The number of rotatable bonds is 5. The molecule has 1 saturated carbocycles. The molecule has 1 aliphatic rings. The predicted octanol–water partition coefficient (Wildman–Crippen LogP) is 1.11. The average molecular weight is 263 g/mol. The van der Waals surface area contributed by atoms with Crippen LogP contribution in [0.3, 0.4) is 0 Å². The molecule has 0 atom stereocenters. The van der Waals surface area contributed by atoms with Crippen molar-refractivity contribution in [3.05, 3.63) is 23.8 Å². The number of nitrogens with zero attached hydrogens (tertiary/aromatic N) is 1. The van der Waals surface area contributed by atoms with Crippen molar-refractivity contribution < 1.29 is 9.90 Å². The maximum atomic E-state index is 11.3. The highest BCUT2D eigenvalue weighted by molar-refractivity contribution is 5.95. The molecule has 1 aromatic carbocycles. The molecule has 0 aliphatic heterocycles. The van der Waals surface area contributed by atoms with Crippen LogP contribution >= 0.6 is 0 Å². The normalized spacial score (nSPS) is 15.6. The molecule has 5 heteroatoms. The summed E-state index contributed by atoms with van der Waals surface area (Å²) in [5.74, 6) is -0.461. The number of nitrogens with two attached hydrogens (primary N) is 2. The maximum Gasteiger partial charge on any atom is 0.248 e. The fourth-order valence-electron chi connectivity index (χ4n) is 2.77. The maximum absolute atomic E-state index is 11.3. The summed E-state index contributed by atoms with van der Waals surface area (Å²) in [6.45, 7) is 0.591. The lowest BCUT2D eigenvalue weighted by Crippen LogP contribution is -2.36. The first-order valence-electron chi connectivity index (χ1n) is 6.70. The Balaban J connectivity index is 2.34. The molecule has 0 unspecified atom stereocenters. The standard InChI is InChI=1S/C14H21N3O2/c15-12-6-5-10(14(16)19)9-13(12)17(7-8-18)11-3-1-2-4-11/h5-6,9,11,18H,1-4,7-8,15H2,(H2,16,19). The molecule has 2 rings (SSSR count). The zero-order valence-electron chi connectivity index (χ0n) is 11.0. The summed E-state index contributed by atoms with van der Waals surface area (Å²) in [7, 11) is 0. The molecule has 1 aliphatic carbocycles. The van der Waals surface area contributed by atoms with Crippen molar-refractivity contribution in [2.24, 2.45) is 5.73 Å². The number of amides is 1. The van der Waals surface area contributed by atoms with E-state index in [1.807, 2.05) is 0 Å². The van der Waals surface area contributed by atoms with Crippen LogP contribution < -0.4 is 16.4 Å². The molecule has 0 heterocycles. The smallest absolute Gasteiger partial charge is 0.248 e. The highest BCUT2D eigenvalue weighted by Gasteiger charge is 2.24. The molecule has 0 saturated heterocycles. The van der Waals surface area contributed by atoms with Gasteiger partial charge in [-0.1, -0.05) is 12.8 Å². The fraction of sp³-hybridized carbons (Fsp3) is 0.500. The Morgan fingerprint density at radius 3 is 2.63 bits per heavy atom. The number of primary amides is 1.